The van der Waals surface area contributed by atoms with E-state index in [2.05, 4.69) is 16.0 Å². The van der Waals surface area contributed by atoms with Crippen LogP contribution in [0.2, 0.25) is 0 Å². The zero-order chi connectivity index (χ0) is 13.2. The summed E-state index contributed by atoms with van der Waals surface area (Å²) in [5, 5.41) is 8.37. The first-order chi connectivity index (χ1) is 8.44. The molecule has 2 rings (SSSR count). The largest absolute Gasteiger partial charge is 0.354 e. The molecule has 0 spiro atoms. The topological polar surface area (TPSA) is 104 Å². The van der Waals surface area contributed by atoms with Gasteiger partial charge in [0.2, 0.25) is 11.8 Å². The van der Waals surface area contributed by atoms with Crippen molar-refractivity contribution in [3.05, 3.63) is 0 Å². The third-order valence-corrected chi connectivity index (χ3v) is 4.81. The van der Waals surface area contributed by atoms with Crippen LogP contribution in [0.4, 0.5) is 0 Å². The van der Waals surface area contributed by atoms with Gasteiger partial charge in [-0.15, -0.1) is 0 Å². The molecule has 2 unspecified atom stereocenters. The molecule has 0 aliphatic carbocycles. The minimum Gasteiger partial charge on any atom is -0.354 e. The minimum absolute atomic E-state index is 0.00225. The molecular weight excluding hydrogens is 258 g/mol. The third-order valence-electron chi connectivity index (χ3n) is 3.08. The molecule has 8 heteroatoms. The maximum absolute atomic E-state index is 11.7. The van der Waals surface area contributed by atoms with Crippen LogP contribution in [0.25, 0.3) is 0 Å². The predicted octanol–water partition coefficient (Wildman–Crippen LogP) is -2.23. The van der Waals surface area contributed by atoms with E-state index in [9.17, 15) is 18.0 Å². The van der Waals surface area contributed by atoms with E-state index in [4.69, 9.17) is 0 Å². The van der Waals surface area contributed by atoms with Gasteiger partial charge in [0.25, 0.3) is 0 Å². The summed E-state index contributed by atoms with van der Waals surface area (Å²) < 4.78 is 22.8. The molecule has 3 N–H and O–H groups in total. The molecule has 0 aromatic rings. The first kappa shape index (κ1) is 13.3. The van der Waals surface area contributed by atoms with Crippen molar-refractivity contribution in [3.8, 4) is 0 Å². The van der Waals surface area contributed by atoms with Crippen LogP contribution in [0.3, 0.4) is 0 Å². The fourth-order valence-electron chi connectivity index (χ4n) is 2.22. The number of hydrogen-bond donors (Lipinski definition) is 3. The molecule has 102 valence electrons. The van der Waals surface area contributed by atoms with E-state index < -0.39 is 9.84 Å². The van der Waals surface area contributed by atoms with Crippen molar-refractivity contribution >= 4 is 21.7 Å². The molecule has 0 bridgehead atoms. The van der Waals surface area contributed by atoms with Crippen LogP contribution >= 0.6 is 0 Å². The van der Waals surface area contributed by atoms with E-state index in [0.29, 0.717) is 19.5 Å². The maximum Gasteiger partial charge on any atom is 0.222 e. The molecule has 7 nitrogen and oxygen atoms in total. The van der Waals surface area contributed by atoms with E-state index >= 15 is 0 Å². The van der Waals surface area contributed by atoms with Crippen molar-refractivity contribution in [1.82, 2.24) is 16.0 Å². The summed E-state index contributed by atoms with van der Waals surface area (Å²) in [5.41, 5.74) is 0. The number of carbonyl (C=O) groups is 2. The summed E-state index contributed by atoms with van der Waals surface area (Å²) in [7, 11) is -3.02. The van der Waals surface area contributed by atoms with E-state index in [1.165, 1.54) is 0 Å². The van der Waals surface area contributed by atoms with Crippen LogP contribution in [0.5, 0.6) is 0 Å². The molecule has 2 aliphatic rings. The second-order valence-corrected chi connectivity index (χ2v) is 6.97. The Balaban J connectivity index is 1.79. The first-order valence-electron chi connectivity index (χ1n) is 5.94. The zero-order valence-corrected chi connectivity index (χ0v) is 10.8. The number of carbonyl (C=O) groups excluding carboxylic acids is 2. The summed E-state index contributed by atoms with van der Waals surface area (Å²) in [4.78, 5) is 22.7. The Bertz CT molecular complexity index is 448. The van der Waals surface area contributed by atoms with Gasteiger partial charge in [0.1, 0.15) is 0 Å². The Hall–Kier alpha value is -1.15. The van der Waals surface area contributed by atoms with Gasteiger partial charge >= 0.3 is 0 Å². The van der Waals surface area contributed by atoms with E-state index in [1.807, 2.05) is 0 Å². The van der Waals surface area contributed by atoms with Crippen LogP contribution in [-0.2, 0) is 19.4 Å². The number of hydrogen-bond acceptors (Lipinski definition) is 5. The van der Waals surface area contributed by atoms with Gasteiger partial charge in [-0.3, -0.25) is 9.59 Å². The molecule has 0 aromatic heterocycles. The average molecular weight is 275 g/mol. The smallest absolute Gasteiger partial charge is 0.222 e. The Morgan fingerprint density at radius 3 is 2.83 bits per heavy atom. The van der Waals surface area contributed by atoms with Crippen molar-refractivity contribution in [1.29, 1.82) is 0 Å². The lowest BCUT2D eigenvalue weighted by Crippen LogP contribution is -2.48. The summed E-state index contributed by atoms with van der Waals surface area (Å²) in [5.74, 6) is -0.154. The highest BCUT2D eigenvalue weighted by Gasteiger charge is 2.28. The van der Waals surface area contributed by atoms with Gasteiger partial charge in [-0.25, -0.2) is 8.42 Å². The molecule has 2 aliphatic heterocycles. The van der Waals surface area contributed by atoms with Crippen molar-refractivity contribution in [2.45, 2.75) is 24.9 Å². The van der Waals surface area contributed by atoms with Crippen molar-refractivity contribution in [2.24, 2.45) is 0 Å². The van der Waals surface area contributed by atoms with E-state index in [0.717, 1.165) is 0 Å². The van der Waals surface area contributed by atoms with Crippen molar-refractivity contribution in [2.75, 3.05) is 24.6 Å². The maximum atomic E-state index is 11.7. The number of amides is 2. The Morgan fingerprint density at radius 2 is 2.22 bits per heavy atom. The minimum atomic E-state index is -3.02. The van der Waals surface area contributed by atoms with E-state index in [1.54, 1.807) is 0 Å². The Labute approximate surface area is 106 Å². The van der Waals surface area contributed by atoms with Crippen LogP contribution in [0, 0.1) is 0 Å². The Kier molecular flexibility index (Phi) is 3.86. The van der Waals surface area contributed by atoms with Gasteiger partial charge in [0.15, 0.2) is 9.84 Å². The normalized spacial score (nSPS) is 30.8. The molecule has 2 saturated heterocycles. The SMILES string of the molecule is O=C1CC(NC(=O)CC2CS(=O)(=O)CCN2)CN1. The van der Waals surface area contributed by atoms with Crippen LogP contribution < -0.4 is 16.0 Å². The van der Waals surface area contributed by atoms with Crippen LogP contribution in [-0.4, -0.2) is 56.9 Å². The molecule has 0 aromatic carbocycles. The quantitative estimate of drug-likeness (QED) is 0.540. The first-order valence-corrected chi connectivity index (χ1v) is 7.76. The average Bonchev–Trinajstić information content (AvgIpc) is 2.62. The lowest BCUT2D eigenvalue weighted by Gasteiger charge is -2.23. The van der Waals surface area contributed by atoms with Crippen molar-refractivity contribution in [3.63, 3.8) is 0 Å². The number of rotatable bonds is 3. The van der Waals surface area contributed by atoms with Gasteiger partial charge in [-0.1, -0.05) is 0 Å². The van der Waals surface area contributed by atoms with E-state index in [-0.39, 0.29) is 41.8 Å². The van der Waals surface area contributed by atoms with Gasteiger partial charge in [0.05, 0.1) is 17.5 Å². The summed E-state index contributed by atoms with van der Waals surface area (Å²) in [6, 6.07) is -0.501. The standard InChI is InChI=1S/C10H17N3O4S/c14-9-3-7(5-12-9)13-10(15)4-8-6-18(16,17)2-1-11-8/h7-8,11H,1-6H2,(H,12,14)(H,13,15). The van der Waals surface area contributed by atoms with Gasteiger partial charge in [-0.2, -0.15) is 0 Å². The second-order valence-electron chi connectivity index (χ2n) is 4.74. The lowest BCUT2D eigenvalue weighted by atomic mass is 10.2. The van der Waals surface area contributed by atoms with Gasteiger partial charge < -0.3 is 16.0 Å². The molecule has 2 heterocycles. The number of nitrogens with one attached hydrogen (secondary N) is 3. The van der Waals surface area contributed by atoms with Gasteiger partial charge in [0, 0.05) is 32.0 Å². The summed E-state index contributed by atoms with van der Waals surface area (Å²) >= 11 is 0. The molecular formula is C10H17N3O4S. The van der Waals surface area contributed by atoms with Crippen LogP contribution in [0.1, 0.15) is 12.8 Å². The molecule has 18 heavy (non-hydrogen) atoms. The fraction of sp³-hybridized carbons (Fsp3) is 0.800. The third kappa shape index (κ3) is 3.67. The second kappa shape index (κ2) is 5.23. The summed E-state index contributed by atoms with van der Waals surface area (Å²) in [6.07, 6.45) is 0.423. The van der Waals surface area contributed by atoms with Crippen LogP contribution in [0.15, 0.2) is 0 Å². The number of sulfone groups is 1. The summed E-state index contributed by atoms with van der Waals surface area (Å²) in [6.45, 7) is 0.838. The molecule has 0 saturated carbocycles. The monoisotopic (exact) mass is 275 g/mol. The predicted molar refractivity (Wildman–Crippen MR) is 64.6 cm³/mol. The highest BCUT2D eigenvalue weighted by molar-refractivity contribution is 7.91. The lowest BCUT2D eigenvalue weighted by molar-refractivity contribution is -0.122. The highest BCUT2D eigenvalue weighted by atomic mass is 32.2. The molecule has 2 atom stereocenters. The Morgan fingerprint density at radius 1 is 1.44 bits per heavy atom. The molecule has 0 radical (unpaired) electrons. The van der Waals surface area contributed by atoms with Crippen molar-refractivity contribution < 1.29 is 18.0 Å². The highest BCUT2D eigenvalue weighted by Crippen LogP contribution is 2.06. The fourth-order valence-corrected chi connectivity index (χ4v) is 3.66. The molecule has 2 amide bonds. The van der Waals surface area contributed by atoms with Gasteiger partial charge in [-0.05, 0) is 0 Å². The molecule has 2 fully saturated rings. The zero-order valence-electron chi connectivity index (χ0n) is 9.94.